The highest BCUT2D eigenvalue weighted by Crippen LogP contribution is 2.16. The van der Waals surface area contributed by atoms with E-state index in [1.807, 2.05) is 24.0 Å². The lowest BCUT2D eigenvalue weighted by molar-refractivity contribution is -0.142. The summed E-state index contributed by atoms with van der Waals surface area (Å²) >= 11 is 0. The number of nitrogens with zero attached hydrogens (tertiary/aromatic N) is 2. The summed E-state index contributed by atoms with van der Waals surface area (Å²) in [6.07, 6.45) is 0.720. The Hall–Kier alpha value is -1.90. The van der Waals surface area contributed by atoms with E-state index < -0.39 is 11.9 Å². The molecular formula is C16H22N2O3. The molecule has 0 radical (unpaired) electrons. The second-order valence-corrected chi connectivity index (χ2v) is 5.18. The van der Waals surface area contributed by atoms with Gasteiger partial charge in [0.25, 0.3) is 0 Å². The van der Waals surface area contributed by atoms with E-state index in [2.05, 4.69) is 6.07 Å². The molecule has 0 fully saturated rings. The van der Waals surface area contributed by atoms with Crippen molar-refractivity contribution in [1.29, 1.82) is 5.26 Å². The van der Waals surface area contributed by atoms with Gasteiger partial charge in [-0.25, -0.2) is 0 Å². The maximum Gasteiger partial charge on any atom is 0.307 e. The van der Waals surface area contributed by atoms with E-state index in [9.17, 15) is 9.90 Å². The molecule has 0 saturated heterocycles. The van der Waals surface area contributed by atoms with Crippen LogP contribution in [0, 0.1) is 17.2 Å². The molecule has 1 rings (SSSR count). The molecule has 1 aromatic rings. The maximum atomic E-state index is 11.1. The van der Waals surface area contributed by atoms with Gasteiger partial charge < -0.3 is 10.2 Å². The molecule has 0 aliphatic heterocycles. The summed E-state index contributed by atoms with van der Waals surface area (Å²) in [7, 11) is 0. The van der Waals surface area contributed by atoms with Gasteiger partial charge in [-0.05, 0) is 18.1 Å². The molecule has 5 heteroatoms. The van der Waals surface area contributed by atoms with Crippen LogP contribution in [0.3, 0.4) is 0 Å². The highest BCUT2D eigenvalue weighted by Gasteiger charge is 2.22. The van der Waals surface area contributed by atoms with Crippen LogP contribution >= 0.6 is 0 Å². The second kappa shape index (κ2) is 8.40. The van der Waals surface area contributed by atoms with Gasteiger partial charge in [0.15, 0.2) is 0 Å². The van der Waals surface area contributed by atoms with E-state index in [4.69, 9.17) is 10.4 Å². The first kappa shape index (κ1) is 17.2. The topological polar surface area (TPSA) is 84.6 Å². The van der Waals surface area contributed by atoms with Crippen molar-refractivity contribution in [2.24, 2.45) is 5.92 Å². The van der Waals surface area contributed by atoms with Gasteiger partial charge in [0.2, 0.25) is 0 Å². The molecule has 114 valence electrons. The standard InChI is InChI=1S/C16H22N2O3/c1-3-15(11-19)18(9-12(2)16(20)21)10-14-7-5-4-6-13(14)8-17/h4-7,12,15,19H,3,9-11H2,1-2H3,(H,20,21). The first-order chi connectivity index (χ1) is 10.0. The maximum absolute atomic E-state index is 11.1. The molecular weight excluding hydrogens is 268 g/mol. The summed E-state index contributed by atoms with van der Waals surface area (Å²) in [5.74, 6) is -1.39. The number of carboxylic acids is 1. The number of hydrogen-bond acceptors (Lipinski definition) is 4. The Morgan fingerprint density at radius 1 is 1.43 bits per heavy atom. The largest absolute Gasteiger partial charge is 0.481 e. The first-order valence-corrected chi connectivity index (χ1v) is 7.09. The minimum absolute atomic E-state index is 0.0302. The molecule has 2 atom stereocenters. The van der Waals surface area contributed by atoms with Crippen molar-refractivity contribution in [3.8, 4) is 6.07 Å². The Balaban J connectivity index is 2.96. The van der Waals surface area contributed by atoms with Crippen LogP contribution in [0.2, 0.25) is 0 Å². The number of aliphatic hydroxyl groups is 1. The van der Waals surface area contributed by atoms with Crippen LogP contribution in [0.5, 0.6) is 0 Å². The second-order valence-electron chi connectivity index (χ2n) is 5.18. The third-order valence-electron chi connectivity index (χ3n) is 3.64. The van der Waals surface area contributed by atoms with Gasteiger partial charge in [0.1, 0.15) is 0 Å². The minimum Gasteiger partial charge on any atom is -0.481 e. The number of carboxylic acid groups (broad SMARTS) is 1. The fraction of sp³-hybridized carbons (Fsp3) is 0.500. The molecule has 1 aromatic carbocycles. The van der Waals surface area contributed by atoms with Gasteiger partial charge >= 0.3 is 5.97 Å². The van der Waals surface area contributed by atoms with Gasteiger partial charge in [-0.15, -0.1) is 0 Å². The molecule has 5 nitrogen and oxygen atoms in total. The molecule has 0 saturated carbocycles. The lowest BCUT2D eigenvalue weighted by Gasteiger charge is -2.31. The van der Waals surface area contributed by atoms with Gasteiger partial charge in [-0.1, -0.05) is 32.0 Å². The van der Waals surface area contributed by atoms with Gasteiger partial charge in [0, 0.05) is 19.1 Å². The molecule has 21 heavy (non-hydrogen) atoms. The number of rotatable bonds is 8. The molecule has 2 unspecified atom stereocenters. The van der Waals surface area contributed by atoms with E-state index in [0.29, 0.717) is 18.7 Å². The highest BCUT2D eigenvalue weighted by atomic mass is 16.4. The summed E-state index contributed by atoms with van der Waals surface area (Å²) in [6.45, 7) is 4.37. The van der Waals surface area contributed by atoms with Crippen LogP contribution in [0.25, 0.3) is 0 Å². The Kier molecular flexibility index (Phi) is 6.86. The smallest absolute Gasteiger partial charge is 0.307 e. The first-order valence-electron chi connectivity index (χ1n) is 7.09. The summed E-state index contributed by atoms with van der Waals surface area (Å²) < 4.78 is 0. The fourth-order valence-corrected chi connectivity index (χ4v) is 2.26. The molecule has 0 spiro atoms. The zero-order valence-electron chi connectivity index (χ0n) is 12.5. The Morgan fingerprint density at radius 3 is 2.62 bits per heavy atom. The zero-order valence-corrected chi connectivity index (χ0v) is 12.5. The normalized spacial score (nSPS) is 13.7. The predicted molar refractivity (Wildman–Crippen MR) is 79.5 cm³/mol. The Labute approximate surface area is 125 Å². The lowest BCUT2D eigenvalue weighted by atomic mass is 10.0. The molecule has 0 bridgehead atoms. The molecule has 2 N–H and O–H groups in total. The number of benzene rings is 1. The molecule has 0 aliphatic carbocycles. The average molecular weight is 290 g/mol. The van der Waals surface area contributed by atoms with E-state index in [1.54, 1.807) is 19.1 Å². The average Bonchev–Trinajstić information content (AvgIpc) is 2.48. The van der Waals surface area contributed by atoms with E-state index in [0.717, 1.165) is 12.0 Å². The molecule has 0 aliphatic rings. The Bertz CT molecular complexity index is 506. The van der Waals surface area contributed by atoms with Crippen molar-refractivity contribution in [2.45, 2.75) is 32.9 Å². The van der Waals surface area contributed by atoms with Crippen molar-refractivity contribution < 1.29 is 15.0 Å². The summed E-state index contributed by atoms with van der Waals surface area (Å²) in [5.41, 5.74) is 1.43. The van der Waals surface area contributed by atoms with Gasteiger partial charge in [0.05, 0.1) is 24.2 Å². The van der Waals surface area contributed by atoms with Crippen LogP contribution in [0.4, 0.5) is 0 Å². The fourth-order valence-electron chi connectivity index (χ4n) is 2.26. The summed E-state index contributed by atoms with van der Waals surface area (Å²) in [5, 5.41) is 27.7. The number of aliphatic carboxylic acids is 1. The summed E-state index contributed by atoms with van der Waals surface area (Å²) in [4.78, 5) is 13.0. The van der Waals surface area contributed by atoms with Gasteiger partial charge in [-0.2, -0.15) is 5.26 Å². The Morgan fingerprint density at radius 2 is 2.10 bits per heavy atom. The van der Waals surface area contributed by atoms with Crippen LogP contribution in [-0.2, 0) is 11.3 Å². The van der Waals surface area contributed by atoms with Crippen LogP contribution in [0.15, 0.2) is 24.3 Å². The predicted octanol–water partition coefficient (Wildman–Crippen LogP) is 1.85. The molecule has 0 aromatic heterocycles. The third-order valence-corrected chi connectivity index (χ3v) is 3.64. The summed E-state index contributed by atoms with van der Waals surface area (Å²) in [6, 6.07) is 9.30. The van der Waals surface area contributed by atoms with E-state index in [1.165, 1.54) is 0 Å². The number of hydrogen-bond donors (Lipinski definition) is 2. The number of aliphatic hydroxyl groups excluding tert-OH is 1. The van der Waals surface area contributed by atoms with Crippen molar-refractivity contribution in [3.05, 3.63) is 35.4 Å². The van der Waals surface area contributed by atoms with Crippen molar-refractivity contribution >= 4 is 5.97 Å². The monoisotopic (exact) mass is 290 g/mol. The van der Waals surface area contributed by atoms with Crippen LogP contribution in [-0.4, -0.2) is 40.3 Å². The minimum atomic E-state index is -0.860. The molecule has 0 heterocycles. The molecule has 0 amide bonds. The van der Waals surface area contributed by atoms with Crippen molar-refractivity contribution in [3.63, 3.8) is 0 Å². The van der Waals surface area contributed by atoms with Crippen LogP contribution in [0.1, 0.15) is 31.4 Å². The quantitative estimate of drug-likeness (QED) is 0.763. The van der Waals surface area contributed by atoms with E-state index in [-0.39, 0.29) is 12.6 Å². The zero-order chi connectivity index (χ0) is 15.8. The van der Waals surface area contributed by atoms with Crippen LogP contribution < -0.4 is 0 Å². The highest BCUT2D eigenvalue weighted by molar-refractivity contribution is 5.69. The SMILES string of the molecule is CCC(CO)N(Cc1ccccc1C#N)CC(C)C(=O)O. The number of nitriles is 1. The van der Waals surface area contributed by atoms with Crippen molar-refractivity contribution in [1.82, 2.24) is 4.90 Å². The number of carbonyl (C=O) groups is 1. The third kappa shape index (κ3) is 4.85. The van der Waals surface area contributed by atoms with Gasteiger partial charge in [-0.3, -0.25) is 9.69 Å². The van der Waals surface area contributed by atoms with E-state index >= 15 is 0 Å². The van der Waals surface area contributed by atoms with Crippen molar-refractivity contribution in [2.75, 3.05) is 13.2 Å². The lowest BCUT2D eigenvalue weighted by Crippen LogP contribution is -2.41.